The Labute approximate surface area is 154 Å². The maximum Gasteiger partial charge on any atom is 0.222 e. The summed E-state index contributed by atoms with van der Waals surface area (Å²) in [5.41, 5.74) is 3.95. The zero-order valence-corrected chi connectivity index (χ0v) is 14.8. The second-order valence-electron chi connectivity index (χ2n) is 6.78. The third kappa shape index (κ3) is 2.77. The van der Waals surface area contributed by atoms with Gasteiger partial charge < -0.3 is 5.32 Å². The molecule has 0 atom stereocenters. The van der Waals surface area contributed by atoms with Gasteiger partial charge in [-0.05, 0) is 25.3 Å². The van der Waals surface area contributed by atoms with E-state index in [9.17, 15) is 4.79 Å². The summed E-state index contributed by atoms with van der Waals surface area (Å²) in [7, 11) is 0. The quantitative estimate of drug-likeness (QED) is 0.580. The normalized spacial score (nSPS) is 14.4. The molecule has 0 radical (unpaired) electrons. The Hall–Kier alpha value is -3.49. The van der Waals surface area contributed by atoms with Crippen LogP contribution < -0.4 is 5.32 Å². The molecule has 2 N–H and O–H groups in total. The lowest BCUT2D eigenvalue weighted by Crippen LogP contribution is -2.16. The maximum atomic E-state index is 11.2. The van der Waals surface area contributed by atoms with Gasteiger partial charge in [-0.15, -0.1) is 0 Å². The second kappa shape index (κ2) is 6.04. The van der Waals surface area contributed by atoms with Crippen LogP contribution in [0.15, 0.2) is 36.9 Å². The van der Waals surface area contributed by atoms with Crippen molar-refractivity contribution in [2.45, 2.75) is 32.2 Å². The molecule has 4 aromatic heterocycles. The second-order valence-corrected chi connectivity index (χ2v) is 6.78. The summed E-state index contributed by atoms with van der Waals surface area (Å²) in [6.45, 7) is 1.45. The molecule has 1 saturated carbocycles. The number of hydrogen-bond donors (Lipinski definition) is 2. The molecule has 1 aliphatic rings. The van der Waals surface area contributed by atoms with Crippen LogP contribution in [0.2, 0.25) is 0 Å². The minimum Gasteiger partial charge on any atom is -0.311 e. The van der Waals surface area contributed by atoms with E-state index in [2.05, 4.69) is 31.9 Å². The molecule has 1 amide bonds. The van der Waals surface area contributed by atoms with Crippen molar-refractivity contribution >= 4 is 17.2 Å². The average molecular weight is 362 g/mol. The molecule has 0 spiro atoms. The minimum atomic E-state index is -0.162. The topological polar surface area (TPSA) is 106 Å². The first kappa shape index (κ1) is 15.7. The van der Waals surface area contributed by atoms with E-state index in [1.165, 1.54) is 26.2 Å². The predicted molar refractivity (Wildman–Crippen MR) is 99.0 cm³/mol. The smallest absolute Gasteiger partial charge is 0.222 e. The Morgan fingerprint density at radius 2 is 2.15 bits per heavy atom. The number of amides is 1. The first-order valence-electron chi connectivity index (χ1n) is 8.90. The van der Waals surface area contributed by atoms with E-state index in [1.807, 2.05) is 23.1 Å². The number of H-pyrrole nitrogens is 1. The van der Waals surface area contributed by atoms with Gasteiger partial charge in [0, 0.05) is 24.8 Å². The van der Waals surface area contributed by atoms with Crippen LogP contribution in [0.4, 0.5) is 5.82 Å². The van der Waals surface area contributed by atoms with Crippen molar-refractivity contribution < 1.29 is 4.79 Å². The number of rotatable bonds is 4. The number of nitrogens with one attached hydrogen (secondary N) is 2. The fraction of sp³-hybridized carbons (Fsp3) is 0.278. The fourth-order valence-corrected chi connectivity index (χ4v) is 3.28. The van der Waals surface area contributed by atoms with E-state index >= 15 is 0 Å². The number of aromatic amines is 1. The Morgan fingerprint density at radius 1 is 1.26 bits per heavy atom. The van der Waals surface area contributed by atoms with Gasteiger partial charge in [0.25, 0.3) is 0 Å². The van der Waals surface area contributed by atoms with Crippen LogP contribution in [0.5, 0.6) is 0 Å². The van der Waals surface area contributed by atoms with E-state index in [0.29, 0.717) is 23.2 Å². The van der Waals surface area contributed by atoms with Crippen molar-refractivity contribution in [2.75, 3.05) is 5.32 Å². The average Bonchev–Trinajstić information content (AvgIpc) is 3.31. The van der Waals surface area contributed by atoms with Gasteiger partial charge in [0.1, 0.15) is 17.2 Å². The van der Waals surface area contributed by atoms with Gasteiger partial charge in [0.2, 0.25) is 5.91 Å². The molecule has 1 fully saturated rings. The summed E-state index contributed by atoms with van der Waals surface area (Å²) in [6.07, 6.45) is 11.1. The molecular weight excluding hydrogens is 344 g/mol. The molecule has 0 bridgehead atoms. The Morgan fingerprint density at radius 3 is 2.93 bits per heavy atom. The molecule has 0 aliphatic heterocycles. The molecule has 0 unspecified atom stereocenters. The summed E-state index contributed by atoms with van der Waals surface area (Å²) < 4.78 is 3.81. The number of carbonyl (C=O) groups excluding carboxylic acids is 1. The number of hydrogen-bond acceptors (Lipinski definition) is 5. The van der Waals surface area contributed by atoms with Crippen molar-refractivity contribution in [2.24, 2.45) is 0 Å². The summed E-state index contributed by atoms with van der Waals surface area (Å²) >= 11 is 0. The molecule has 136 valence electrons. The zero-order chi connectivity index (χ0) is 18.4. The standard InChI is InChI=1S/C18H18N8O/c1-11(27)21-17-7-14(23-24-17)15-10-26-16(5-6-19-26)18(22-15)12-8-20-25(9-12)13-3-2-4-13/h5-10,13H,2-4H2,1H3,(H2,21,23,24,27). The van der Waals surface area contributed by atoms with Crippen LogP contribution >= 0.6 is 0 Å². The lowest BCUT2D eigenvalue weighted by molar-refractivity contribution is -0.114. The Bertz CT molecular complexity index is 1130. The van der Waals surface area contributed by atoms with Gasteiger partial charge in [-0.2, -0.15) is 15.3 Å². The molecule has 5 rings (SSSR count). The molecule has 4 aromatic rings. The van der Waals surface area contributed by atoms with Crippen molar-refractivity contribution in [3.8, 4) is 22.6 Å². The summed E-state index contributed by atoms with van der Waals surface area (Å²) in [5.74, 6) is 0.365. The monoisotopic (exact) mass is 362 g/mol. The van der Waals surface area contributed by atoms with Crippen LogP contribution in [-0.2, 0) is 4.79 Å². The minimum absolute atomic E-state index is 0.162. The van der Waals surface area contributed by atoms with Gasteiger partial charge in [0.05, 0.1) is 35.8 Å². The number of anilines is 1. The first-order chi connectivity index (χ1) is 13.2. The molecule has 0 saturated heterocycles. The molecular formula is C18H18N8O. The van der Waals surface area contributed by atoms with Crippen LogP contribution in [-0.4, -0.2) is 40.5 Å². The third-order valence-corrected chi connectivity index (χ3v) is 4.86. The van der Waals surface area contributed by atoms with Crippen molar-refractivity contribution in [1.82, 2.24) is 34.6 Å². The van der Waals surface area contributed by atoms with Crippen molar-refractivity contribution in [1.29, 1.82) is 0 Å². The van der Waals surface area contributed by atoms with Gasteiger partial charge in [-0.1, -0.05) is 0 Å². The lowest BCUT2D eigenvalue weighted by atomic mass is 9.93. The molecule has 9 heteroatoms. The van der Waals surface area contributed by atoms with Crippen LogP contribution in [0, 0.1) is 0 Å². The molecule has 4 heterocycles. The van der Waals surface area contributed by atoms with Gasteiger partial charge in [-0.25, -0.2) is 9.50 Å². The first-order valence-corrected chi connectivity index (χ1v) is 8.90. The zero-order valence-electron chi connectivity index (χ0n) is 14.8. The third-order valence-electron chi connectivity index (χ3n) is 4.86. The SMILES string of the molecule is CC(=O)Nc1cc(-c2cn3nccc3c(-c3cnn(C4CCC4)c3)n2)n[nH]1. The Balaban J connectivity index is 1.58. The number of nitrogens with zero attached hydrogens (tertiary/aromatic N) is 6. The summed E-state index contributed by atoms with van der Waals surface area (Å²) in [6, 6.07) is 4.18. The molecule has 1 aliphatic carbocycles. The summed E-state index contributed by atoms with van der Waals surface area (Å²) in [5, 5.41) is 18.6. The highest BCUT2D eigenvalue weighted by atomic mass is 16.1. The van der Waals surface area contributed by atoms with Crippen molar-refractivity contribution in [3.05, 3.63) is 36.9 Å². The van der Waals surface area contributed by atoms with E-state index in [-0.39, 0.29) is 5.91 Å². The summed E-state index contributed by atoms with van der Waals surface area (Å²) in [4.78, 5) is 16.0. The van der Waals surface area contributed by atoms with E-state index in [0.717, 1.165) is 16.8 Å². The largest absolute Gasteiger partial charge is 0.311 e. The highest BCUT2D eigenvalue weighted by Crippen LogP contribution is 2.33. The molecule has 27 heavy (non-hydrogen) atoms. The highest BCUT2D eigenvalue weighted by Gasteiger charge is 2.21. The van der Waals surface area contributed by atoms with E-state index < -0.39 is 0 Å². The predicted octanol–water partition coefficient (Wildman–Crippen LogP) is 2.67. The molecule has 9 nitrogen and oxygen atoms in total. The maximum absolute atomic E-state index is 11.2. The number of carbonyl (C=O) groups is 1. The van der Waals surface area contributed by atoms with Crippen LogP contribution in [0.25, 0.3) is 28.2 Å². The number of fused-ring (bicyclic) bond motifs is 1. The van der Waals surface area contributed by atoms with Gasteiger partial charge in [0.15, 0.2) is 0 Å². The van der Waals surface area contributed by atoms with Crippen LogP contribution in [0.3, 0.4) is 0 Å². The molecule has 0 aromatic carbocycles. The van der Waals surface area contributed by atoms with Gasteiger partial charge >= 0.3 is 0 Å². The Kier molecular flexibility index (Phi) is 3.52. The van der Waals surface area contributed by atoms with E-state index in [1.54, 1.807) is 16.8 Å². The fourth-order valence-electron chi connectivity index (χ4n) is 3.28. The van der Waals surface area contributed by atoms with Crippen LogP contribution in [0.1, 0.15) is 32.2 Å². The van der Waals surface area contributed by atoms with Crippen molar-refractivity contribution in [3.63, 3.8) is 0 Å². The highest BCUT2D eigenvalue weighted by molar-refractivity contribution is 5.88. The number of aromatic nitrogens is 7. The van der Waals surface area contributed by atoms with E-state index in [4.69, 9.17) is 4.98 Å². The lowest BCUT2D eigenvalue weighted by Gasteiger charge is -2.25. The van der Waals surface area contributed by atoms with Gasteiger partial charge in [-0.3, -0.25) is 14.6 Å².